The molecule has 3 saturated heterocycles. The maximum Gasteiger partial charge on any atom is 0.308 e. The molecule has 7 rings (SSSR count). The molecule has 13 atom stereocenters. The Morgan fingerprint density at radius 1 is 0.883 bits per heavy atom. The van der Waals surface area contributed by atoms with E-state index in [2.05, 4.69) is 46.0 Å². The molecular formula is C47H59N2O11+. The summed E-state index contributed by atoms with van der Waals surface area (Å²) in [7, 11) is 0. The third-order valence-corrected chi connectivity index (χ3v) is 13.8. The molecule has 2 aromatic rings. The van der Waals surface area contributed by atoms with Crippen molar-refractivity contribution in [2.75, 3.05) is 0 Å². The van der Waals surface area contributed by atoms with Crippen LogP contribution in [0.5, 0.6) is 11.5 Å². The van der Waals surface area contributed by atoms with Crippen LogP contribution < -0.4 is 19.4 Å². The van der Waals surface area contributed by atoms with E-state index in [9.17, 15) is 29.1 Å². The standard InChI is InChI=1S/C47H58N2O11/c1-24-14-15-47(60-45(24)33-20-34(56-29(6)50)22-35(21-33)57-30(7)51)27(4)18-26(3)38(59-47)23-36-25(2)19-32-12-13-37(58-31(8)52)28(5)39(32)40(36)43(53)41-44(54)42(46(55)48-41)49-16-10-9-11-17-49/h9-11,16-17,19-22,24,26-28,32,36-40,42,45H,12-15,18,23H2,1-8H3,(H-,48,53,54,55)/p+1/t24-,26-,27-,28+,32+,36-,37-,38+,39+,40+,42?,45-,47+/m1/s1. The average molecular weight is 828 g/mol. The number of aliphatic hydroxyl groups is 1. The number of aliphatic hydroxyl groups excluding tert-OH is 1. The van der Waals surface area contributed by atoms with E-state index in [1.54, 1.807) is 47.3 Å². The number of esters is 3. The van der Waals surface area contributed by atoms with Crippen molar-refractivity contribution >= 4 is 29.6 Å². The quantitative estimate of drug-likeness (QED) is 0.0537. The number of ketones is 1. The first-order valence-electron chi connectivity index (χ1n) is 21.4. The number of hydrogen-bond donors (Lipinski definition) is 2. The summed E-state index contributed by atoms with van der Waals surface area (Å²) in [6.45, 7) is 14.6. The zero-order valence-electron chi connectivity index (χ0n) is 35.8. The van der Waals surface area contributed by atoms with Gasteiger partial charge in [0.1, 0.15) is 29.1 Å². The molecule has 13 nitrogen and oxygen atoms in total. The molecule has 4 heterocycles. The lowest BCUT2D eigenvalue weighted by molar-refractivity contribution is -0.695. The normalized spacial score (nSPS) is 36.1. The van der Waals surface area contributed by atoms with Crippen molar-refractivity contribution in [1.29, 1.82) is 0 Å². The molecule has 0 bridgehead atoms. The van der Waals surface area contributed by atoms with Crippen LogP contribution in [0.3, 0.4) is 0 Å². The number of nitrogens with one attached hydrogen (secondary N) is 1. The van der Waals surface area contributed by atoms with Crippen LogP contribution in [0.2, 0.25) is 0 Å². The Bertz CT molecular complexity index is 2050. The summed E-state index contributed by atoms with van der Waals surface area (Å²) in [6.07, 6.45) is 8.55. The van der Waals surface area contributed by atoms with E-state index in [1.165, 1.54) is 26.8 Å². The Balaban J connectivity index is 1.24. The summed E-state index contributed by atoms with van der Waals surface area (Å²) < 4.78 is 32.7. The van der Waals surface area contributed by atoms with Crippen LogP contribution in [0.15, 0.2) is 71.9 Å². The summed E-state index contributed by atoms with van der Waals surface area (Å²) in [6, 6.07) is 9.13. The average Bonchev–Trinajstić information content (AvgIpc) is 3.48. The number of rotatable bonds is 8. The van der Waals surface area contributed by atoms with Crippen LogP contribution in [0.25, 0.3) is 0 Å². The SMILES string of the molecule is CC(=O)Oc1cc(OC(C)=O)cc([C@@H]2O[C@]3(CC[C@H]2C)O[C@@H](C[C@@H]2C(C)=C[C@@H]4CC[C@@H](OC(C)=O)[C@H](C)[C@@H]4[C@H]2/C(O)=C2\NC(=O)C([n+]4ccccc4)C2=O)[C@H](C)C[C@H]3C)c1. The zero-order valence-corrected chi connectivity index (χ0v) is 35.8. The van der Waals surface area contributed by atoms with Crippen LogP contribution in [0.1, 0.15) is 112 Å². The Labute approximate surface area is 351 Å². The summed E-state index contributed by atoms with van der Waals surface area (Å²) in [4.78, 5) is 63.8. The highest BCUT2D eigenvalue weighted by molar-refractivity contribution is 6.17. The molecule has 0 radical (unpaired) electrons. The highest BCUT2D eigenvalue weighted by atomic mass is 16.7. The lowest BCUT2D eigenvalue weighted by Crippen LogP contribution is -2.55. The molecule has 13 heteroatoms. The van der Waals surface area contributed by atoms with E-state index in [1.807, 2.05) is 0 Å². The number of benzene rings is 1. The molecule has 3 aliphatic heterocycles. The van der Waals surface area contributed by atoms with Crippen LogP contribution in [-0.2, 0) is 38.2 Å². The molecule has 1 saturated carbocycles. The first-order valence-corrected chi connectivity index (χ1v) is 21.4. The topological polar surface area (TPSA) is 168 Å². The van der Waals surface area contributed by atoms with Crippen LogP contribution >= 0.6 is 0 Å². The van der Waals surface area contributed by atoms with Crippen molar-refractivity contribution in [3.8, 4) is 11.5 Å². The number of fused-ring (bicyclic) bond motifs is 1. The maximum atomic E-state index is 14.1. The van der Waals surface area contributed by atoms with Gasteiger partial charge in [0.05, 0.1) is 12.2 Å². The van der Waals surface area contributed by atoms with E-state index in [0.29, 0.717) is 24.8 Å². The van der Waals surface area contributed by atoms with E-state index in [-0.39, 0.29) is 82.6 Å². The van der Waals surface area contributed by atoms with Crippen LogP contribution in [0, 0.1) is 47.3 Å². The van der Waals surface area contributed by atoms with E-state index < -0.39 is 47.5 Å². The third kappa shape index (κ3) is 8.52. The molecule has 2 N–H and O–H groups in total. The highest BCUT2D eigenvalue weighted by Crippen LogP contribution is 2.56. The number of carbonyl (C=O) groups excluding carboxylic acids is 5. The van der Waals surface area contributed by atoms with Gasteiger partial charge in [-0.25, -0.2) is 0 Å². The Kier molecular flexibility index (Phi) is 12.4. The Morgan fingerprint density at radius 2 is 1.55 bits per heavy atom. The first-order chi connectivity index (χ1) is 28.5. The minimum absolute atomic E-state index is 0.00336. The fourth-order valence-electron chi connectivity index (χ4n) is 11.0. The third-order valence-electron chi connectivity index (χ3n) is 13.8. The van der Waals surface area contributed by atoms with Gasteiger partial charge in [0.15, 0.2) is 18.2 Å². The second kappa shape index (κ2) is 17.2. The van der Waals surface area contributed by atoms with Gasteiger partial charge >= 0.3 is 23.8 Å². The van der Waals surface area contributed by atoms with Gasteiger partial charge in [-0.1, -0.05) is 45.4 Å². The molecule has 60 heavy (non-hydrogen) atoms. The van der Waals surface area contributed by atoms with Gasteiger partial charge in [-0.15, -0.1) is 0 Å². The van der Waals surface area contributed by atoms with Crippen molar-refractivity contribution < 1.29 is 57.3 Å². The number of ether oxygens (including phenoxy) is 5. The summed E-state index contributed by atoms with van der Waals surface area (Å²) >= 11 is 0. The van der Waals surface area contributed by atoms with E-state index in [4.69, 9.17) is 23.7 Å². The van der Waals surface area contributed by atoms with E-state index >= 15 is 0 Å². The molecule has 1 amide bonds. The lowest BCUT2D eigenvalue weighted by atomic mass is 9.56. The number of allylic oxidation sites excluding steroid dienone is 4. The second-order valence-electron chi connectivity index (χ2n) is 18.0. The van der Waals surface area contributed by atoms with Gasteiger partial charge in [-0.2, -0.15) is 4.57 Å². The van der Waals surface area contributed by atoms with Gasteiger partial charge in [0, 0.05) is 57.2 Å². The van der Waals surface area contributed by atoms with Crippen molar-refractivity contribution in [2.24, 2.45) is 47.3 Å². The number of aromatic nitrogens is 1. The van der Waals surface area contributed by atoms with Crippen LogP contribution in [0.4, 0.5) is 0 Å². The lowest BCUT2D eigenvalue weighted by Gasteiger charge is -2.54. The largest absolute Gasteiger partial charge is 0.510 e. The van der Waals surface area contributed by atoms with Gasteiger partial charge in [0.2, 0.25) is 0 Å². The molecule has 1 unspecified atom stereocenters. The van der Waals surface area contributed by atoms with Gasteiger partial charge < -0.3 is 34.1 Å². The molecule has 1 spiro atoms. The number of hydrogen-bond acceptors (Lipinski definition) is 11. The molecular weight excluding hydrogens is 769 g/mol. The highest BCUT2D eigenvalue weighted by Gasteiger charge is 2.56. The zero-order chi connectivity index (χ0) is 43.2. The molecule has 1 aromatic carbocycles. The van der Waals surface area contributed by atoms with Gasteiger partial charge in [-0.05, 0) is 92.2 Å². The van der Waals surface area contributed by atoms with E-state index in [0.717, 1.165) is 24.8 Å². The minimum atomic E-state index is -1.16. The van der Waals surface area contributed by atoms with Gasteiger partial charge in [0.25, 0.3) is 11.8 Å². The predicted molar refractivity (Wildman–Crippen MR) is 217 cm³/mol. The molecule has 322 valence electrons. The number of Topliss-reactive ketones (excluding diaryl/α,β-unsaturated/α-hetero) is 1. The molecule has 5 aliphatic rings. The summed E-state index contributed by atoms with van der Waals surface area (Å²) in [5, 5.41) is 15.3. The van der Waals surface area contributed by atoms with Crippen molar-refractivity contribution in [3.05, 3.63) is 77.5 Å². The molecule has 4 fully saturated rings. The van der Waals surface area contributed by atoms with Crippen LogP contribution in [-0.4, -0.2) is 52.7 Å². The van der Waals surface area contributed by atoms with Crippen molar-refractivity contribution in [3.63, 3.8) is 0 Å². The first kappa shape index (κ1) is 43.2. The summed E-state index contributed by atoms with van der Waals surface area (Å²) in [5.74, 6) is -4.12. The number of amides is 1. The minimum Gasteiger partial charge on any atom is -0.510 e. The smallest absolute Gasteiger partial charge is 0.308 e. The number of nitrogens with zero attached hydrogens (tertiary/aromatic N) is 1. The predicted octanol–water partition coefficient (Wildman–Crippen LogP) is 6.96. The number of pyridine rings is 1. The summed E-state index contributed by atoms with van der Waals surface area (Å²) in [5.41, 5.74) is 1.67. The van der Waals surface area contributed by atoms with Crippen molar-refractivity contribution in [1.82, 2.24) is 5.32 Å². The maximum absolute atomic E-state index is 14.1. The molecule has 1 aromatic heterocycles. The monoisotopic (exact) mass is 827 g/mol. The fraction of sp³-hybridized carbons (Fsp3) is 0.574. The molecule has 2 aliphatic carbocycles. The Hall–Kier alpha value is -4.88. The second-order valence-corrected chi connectivity index (χ2v) is 18.0. The van der Waals surface area contributed by atoms with Gasteiger partial charge in [-0.3, -0.25) is 24.0 Å². The Morgan fingerprint density at radius 3 is 2.18 bits per heavy atom. The van der Waals surface area contributed by atoms with Crippen molar-refractivity contribution in [2.45, 2.75) is 124 Å². The number of carbonyl (C=O) groups is 5. The fourth-order valence-corrected chi connectivity index (χ4v) is 11.0.